The van der Waals surface area contributed by atoms with Gasteiger partial charge in [-0.3, -0.25) is 4.98 Å². The maximum absolute atomic E-state index is 6.15. The molecular weight excluding hydrogens is 302 g/mol. The van der Waals surface area contributed by atoms with Crippen LogP contribution >= 0.6 is 0 Å². The molecule has 24 heavy (non-hydrogen) atoms. The van der Waals surface area contributed by atoms with Crippen LogP contribution in [0, 0.1) is 0 Å². The number of hydrogen-bond donors (Lipinski definition) is 0. The van der Waals surface area contributed by atoms with Crippen LogP contribution in [-0.2, 0) is 24.4 Å². The van der Waals surface area contributed by atoms with Gasteiger partial charge < -0.3 is 14.2 Å². The highest BCUT2D eigenvalue weighted by molar-refractivity contribution is 5.31. The molecule has 1 aliphatic rings. The van der Waals surface area contributed by atoms with Gasteiger partial charge in [0.15, 0.2) is 0 Å². The number of anilines is 1. The lowest BCUT2D eigenvalue weighted by Crippen LogP contribution is -2.34. The first kappa shape index (κ1) is 14.8. The predicted octanol–water partition coefficient (Wildman–Crippen LogP) is 2.28. The SMILES string of the molecule is c1ccc(COC2CN(c3ncccn3)Cc3cccn3C2)nc1. The van der Waals surface area contributed by atoms with E-state index in [1.165, 1.54) is 5.69 Å². The molecule has 0 saturated heterocycles. The minimum absolute atomic E-state index is 0.0458. The smallest absolute Gasteiger partial charge is 0.225 e. The molecule has 0 aromatic carbocycles. The standard InChI is InChI=1S/C18H19N5O/c1-2-7-19-15(5-1)14-24-17-12-22-10-3-6-16(22)11-23(13-17)18-20-8-4-9-21-18/h1-10,17H,11-14H2. The molecule has 3 aromatic heterocycles. The Labute approximate surface area is 140 Å². The molecular formula is C18H19N5O. The first-order valence-corrected chi connectivity index (χ1v) is 8.06. The van der Waals surface area contributed by atoms with Gasteiger partial charge in [-0.25, -0.2) is 9.97 Å². The molecule has 1 aliphatic heterocycles. The van der Waals surface area contributed by atoms with Crippen molar-refractivity contribution in [2.75, 3.05) is 11.4 Å². The van der Waals surface area contributed by atoms with Crippen molar-refractivity contribution in [1.82, 2.24) is 19.5 Å². The van der Waals surface area contributed by atoms with Gasteiger partial charge in [0.05, 0.1) is 31.5 Å². The Hall–Kier alpha value is -2.73. The average Bonchev–Trinajstić information content (AvgIpc) is 2.99. The van der Waals surface area contributed by atoms with Crippen LogP contribution in [0.1, 0.15) is 11.4 Å². The molecule has 0 bridgehead atoms. The summed E-state index contributed by atoms with van der Waals surface area (Å²) in [5.74, 6) is 0.735. The summed E-state index contributed by atoms with van der Waals surface area (Å²) in [5, 5.41) is 0. The highest BCUT2D eigenvalue weighted by atomic mass is 16.5. The lowest BCUT2D eigenvalue weighted by molar-refractivity contribution is 0.0342. The molecule has 3 aromatic rings. The van der Waals surface area contributed by atoms with Gasteiger partial charge in [-0.15, -0.1) is 0 Å². The van der Waals surface area contributed by atoms with E-state index < -0.39 is 0 Å². The Bertz CT molecular complexity index is 774. The van der Waals surface area contributed by atoms with Crippen LogP contribution in [0.2, 0.25) is 0 Å². The lowest BCUT2D eigenvalue weighted by atomic mass is 10.3. The lowest BCUT2D eigenvalue weighted by Gasteiger charge is -2.24. The second-order valence-electron chi connectivity index (χ2n) is 5.84. The topological polar surface area (TPSA) is 56.1 Å². The highest BCUT2D eigenvalue weighted by Gasteiger charge is 2.23. The van der Waals surface area contributed by atoms with Crippen LogP contribution in [0.5, 0.6) is 0 Å². The molecule has 0 amide bonds. The maximum Gasteiger partial charge on any atom is 0.225 e. The molecule has 6 heteroatoms. The number of nitrogens with zero attached hydrogens (tertiary/aromatic N) is 5. The second-order valence-corrected chi connectivity index (χ2v) is 5.84. The summed E-state index contributed by atoms with van der Waals surface area (Å²) >= 11 is 0. The fourth-order valence-electron chi connectivity index (χ4n) is 2.95. The third kappa shape index (κ3) is 3.28. The first-order chi connectivity index (χ1) is 11.9. The Morgan fingerprint density at radius 2 is 1.83 bits per heavy atom. The summed E-state index contributed by atoms with van der Waals surface area (Å²) in [6, 6.07) is 11.9. The number of ether oxygens (including phenoxy) is 1. The van der Waals surface area contributed by atoms with E-state index >= 15 is 0 Å². The fourth-order valence-corrected chi connectivity index (χ4v) is 2.95. The van der Waals surface area contributed by atoms with Gasteiger partial charge in [0, 0.05) is 37.0 Å². The normalized spacial score (nSPS) is 17.3. The molecule has 1 unspecified atom stereocenters. The Morgan fingerprint density at radius 1 is 0.958 bits per heavy atom. The summed E-state index contributed by atoms with van der Waals surface area (Å²) in [7, 11) is 0. The van der Waals surface area contributed by atoms with Crippen LogP contribution in [0.15, 0.2) is 61.2 Å². The molecule has 0 aliphatic carbocycles. The zero-order chi connectivity index (χ0) is 16.2. The molecule has 4 rings (SSSR count). The van der Waals surface area contributed by atoms with Crippen molar-refractivity contribution < 1.29 is 4.74 Å². The van der Waals surface area contributed by atoms with E-state index in [4.69, 9.17) is 4.74 Å². The van der Waals surface area contributed by atoms with E-state index in [0.29, 0.717) is 6.61 Å². The van der Waals surface area contributed by atoms with Crippen molar-refractivity contribution in [1.29, 1.82) is 0 Å². The van der Waals surface area contributed by atoms with E-state index in [1.807, 2.05) is 24.3 Å². The van der Waals surface area contributed by atoms with Crippen LogP contribution in [0.25, 0.3) is 0 Å². The van der Waals surface area contributed by atoms with E-state index in [0.717, 1.165) is 31.3 Å². The maximum atomic E-state index is 6.15. The van der Waals surface area contributed by atoms with Crippen molar-refractivity contribution in [3.8, 4) is 0 Å². The van der Waals surface area contributed by atoms with Gasteiger partial charge in [-0.05, 0) is 30.3 Å². The summed E-state index contributed by atoms with van der Waals surface area (Å²) < 4.78 is 8.39. The summed E-state index contributed by atoms with van der Waals surface area (Å²) in [5.41, 5.74) is 2.18. The largest absolute Gasteiger partial charge is 0.368 e. The van der Waals surface area contributed by atoms with Crippen molar-refractivity contribution >= 4 is 5.95 Å². The summed E-state index contributed by atoms with van der Waals surface area (Å²) in [4.78, 5) is 15.3. The van der Waals surface area contributed by atoms with Crippen molar-refractivity contribution in [3.63, 3.8) is 0 Å². The van der Waals surface area contributed by atoms with E-state index in [-0.39, 0.29) is 6.10 Å². The minimum Gasteiger partial charge on any atom is -0.368 e. The highest BCUT2D eigenvalue weighted by Crippen LogP contribution is 2.19. The Kier molecular flexibility index (Phi) is 4.20. The van der Waals surface area contributed by atoms with Crippen LogP contribution in [-0.4, -0.2) is 32.2 Å². The van der Waals surface area contributed by atoms with Crippen LogP contribution in [0.4, 0.5) is 5.95 Å². The van der Waals surface area contributed by atoms with Crippen molar-refractivity contribution in [3.05, 3.63) is 72.6 Å². The molecule has 4 heterocycles. The first-order valence-electron chi connectivity index (χ1n) is 8.06. The van der Waals surface area contributed by atoms with Gasteiger partial charge in [0.2, 0.25) is 5.95 Å². The zero-order valence-electron chi connectivity index (χ0n) is 13.3. The summed E-state index contributed by atoms with van der Waals surface area (Å²) in [6.45, 7) is 2.85. The number of fused-ring (bicyclic) bond motifs is 1. The number of pyridine rings is 1. The van der Waals surface area contributed by atoms with E-state index in [2.05, 4.69) is 42.7 Å². The van der Waals surface area contributed by atoms with Gasteiger partial charge in [0.1, 0.15) is 0 Å². The predicted molar refractivity (Wildman–Crippen MR) is 90.3 cm³/mol. The molecule has 6 nitrogen and oxygen atoms in total. The molecule has 0 N–H and O–H groups in total. The van der Waals surface area contributed by atoms with E-state index in [9.17, 15) is 0 Å². The third-order valence-corrected chi connectivity index (χ3v) is 4.13. The minimum atomic E-state index is 0.0458. The number of hydrogen-bond acceptors (Lipinski definition) is 5. The van der Waals surface area contributed by atoms with Gasteiger partial charge >= 0.3 is 0 Å². The Morgan fingerprint density at radius 3 is 2.67 bits per heavy atom. The zero-order valence-corrected chi connectivity index (χ0v) is 13.3. The quantitative estimate of drug-likeness (QED) is 0.738. The van der Waals surface area contributed by atoms with Gasteiger partial charge in [0.25, 0.3) is 0 Å². The monoisotopic (exact) mass is 321 g/mol. The van der Waals surface area contributed by atoms with Gasteiger partial charge in [-0.2, -0.15) is 0 Å². The van der Waals surface area contributed by atoms with Crippen LogP contribution in [0.3, 0.4) is 0 Å². The average molecular weight is 321 g/mol. The number of aromatic nitrogens is 4. The molecule has 0 fully saturated rings. The molecule has 0 spiro atoms. The van der Waals surface area contributed by atoms with Crippen molar-refractivity contribution in [2.45, 2.75) is 25.8 Å². The van der Waals surface area contributed by atoms with Crippen molar-refractivity contribution in [2.24, 2.45) is 0 Å². The Balaban J connectivity index is 1.53. The molecule has 122 valence electrons. The molecule has 0 radical (unpaired) electrons. The van der Waals surface area contributed by atoms with Gasteiger partial charge in [-0.1, -0.05) is 6.07 Å². The third-order valence-electron chi connectivity index (χ3n) is 4.13. The molecule has 0 saturated carbocycles. The number of rotatable bonds is 4. The fraction of sp³-hybridized carbons (Fsp3) is 0.278. The summed E-state index contributed by atoms with van der Waals surface area (Å²) in [6.07, 6.45) is 7.48. The van der Waals surface area contributed by atoms with Crippen LogP contribution < -0.4 is 4.90 Å². The van der Waals surface area contributed by atoms with E-state index in [1.54, 1.807) is 18.6 Å². The second kappa shape index (κ2) is 6.80. The molecule has 1 atom stereocenters.